The van der Waals surface area contributed by atoms with Crippen molar-refractivity contribution in [1.82, 2.24) is 10.0 Å². The van der Waals surface area contributed by atoms with E-state index in [9.17, 15) is 8.42 Å². The van der Waals surface area contributed by atoms with E-state index in [-0.39, 0.29) is 4.90 Å². The summed E-state index contributed by atoms with van der Waals surface area (Å²) < 4.78 is 32.6. The first-order valence-corrected chi connectivity index (χ1v) is 7.74. The molecular weight excluding hydrogens is 266 g/mol. The van der Waals surface area contributed by atoms with E-state index in [1.54, 1.807) is 25.3 Å². The molecule has 3 N–H and O–H groups in total. The van der Waals surface area contributed by atoms with Gasteiger partial charge < -0.3 is 15.4 Å². The maximum absolute atomic E-state index is 12.3. The van der Waals surface area contributed by atoms with Crippen LogP contribution >= 0.6 is 0 Å². The number of benzene rings is 1. The van der Waals surface area contributed by atoms with Crippen molar-refractivity contribution < 1.29 is 13.2 Å². The van der Waals surface area contributed by atoms with Gasteiger partial charge in [0.05, 0.1) is 12.8 Å². The molecule has 7 heteroatoms. The lowest BCUT2D eigenvalue weighted by Gasteiger charge is -2.42. The maximum Gasteiger partial charge on any atom is 0.244 e. The molecule has 0 aromatic heterocycles. The minimum absolute atomic E-state index is 0.275. The van der Waals surface area contributed by atoms with E-state index >= 15 is 0 Å². The first-order chi connectivity index (χ1) is 9.05. The van der Waals surface area contributed by atoms with Gasteiger partial charge in [-0.15, -0.1) is 0 Å². The smallest absolute Gasteiger partial charge is 0.244 e. The Morgan fingerprint density at radius 2 is 2.00 bits per heavy atom. The minimum atomic E-state index is -3.47. The lowest BCUT2D eigenvalue weighted by molar-refractivity contribution is 0.313. The molecule has 1 fully saturated rings. The molecular formula is C12H17N3O3S. The summed E-state index contributed by atoms with van der Waals surface area (Å²) in [5.41, 5.74) is 0.0312. The second-order valence-electron chi connectivity index (χ2n) is 4.92. The average molecular weight is 283 g/mol. The number of methoxy groups -OCH3 is 1. The van der Waals surface area contributed by atoms with Crippen LogP contribution in [0.25, 0.3) is 0 Å². The van der Waals surface area contributed by atoms with E-state index in [1.165, 1.54) is 0 Å². The van der Waals surface area contributed by atoms with Crippen LogP contribution in [0.2, 0.25) is 0 Å². The Morgan fingerprint density at radius 3 is 2.68 bits per heavy atom. The molecule has 19 heavy (non-hydrogen) atoms. The van der Waals surface area contributed by atoms with Crippen LogP contribution in [0.3, 0.4) is 0 Å². The first kappa shape index (κ1) is 12.7. The Labute approximate surface area is 112 Å². The molecule has 2 heterocycles. The molecule has 2 aliphatic rings. The van der Waals surface area contributed by atoms with E-state index in [0.29, 0.717) is 24.3 Å². The molecule has 2 aliphatic heterocycles. The number of fused-ring (bicyclic) bond motifs is 1. The SMILES string of the molecule is COc1ccc2c(c1)NC1(CCNCC1)NS2(=O)=O. The zero-order chi connectivity index (χ0) is 13.5. The number of anilines is 1. The quantitative estimate of drug-likeness (QED) is 0.698. The van der Waals surface area contributed by atoms with Gasteiger partial charge in [-0.3, -0.25) is 0 Å². The third-order valence-electron chi connectivity index (χ3n) is 3.64. The molecule has 0 amide bonds. The Hall–Kier alpha value is -1.31. The van der Waals surface area contributed by atoms with Crippen LogP contribution in [0, 0.1) is 0 Å². The second kappa shape index (κ2) is 4.36. The molecule has 0 radical (unpaired) electrons. The van der Waals surface area contributed by atoms with Gasteiger partial charge in [0, 0.05) is 6.07 Å². The summed E-state index contributed by atoms with van der Waals surface area (Å²) in [5, 5.41) is 6.56. The number of piperidine rings is 1. The van der Waals surface area contributed by atoms with Crippen LogP contribution in [0.1, 0.15) is 12.8 Å². The molecule has 6 nitrogen and oxygen atoms in total. The normalized spacial score (nSPS) is 23.4. The molecule has 0 saturated carbocycles. The fraction of sp³-hybridized carbons (Fsp3) is 0.500. The van der Waals surface area contributed by atoms with Crippen LogP contribution in [-0.4, -0.2) is 34.3 Å². The van der Waals surface area contributed by atoms with Gasteiger partial charge in [-0.1, -0.05) is 0 Å². The Balaban J connectivity index is 2.06. The van der Waals surface area contributed by atoms with Gasteiger partial charge in [-0.25, -0.2) is 8.42 Å². The van der Waals surface area contributed by atoms with E-state index in [1.807, 2.05) is 0 Å². The predicted octanol–water partition coefficient (Wildman–Crippen LogP) is 0.479. The van der Waals surface area contributed by atoms with Crippen LogP contribution in [0.5, 0.6) is 5.75 Å². The third-order valence-corrected chi connectivity index (χ3v) is 5.23. The van der Waals surface area contributed by atoms with E-state index in [4.69, 9.17) is 4.74 Å². The molecule has 1 aromatic rings. The molecule has 0 unspecified atom stereocenters. The third kappa shape index (κ3) is 2.18. The van der Waals surface area contributed by atoms with Crippen LogP contribution in [0.15, 0.2) is 23.1 Å². The summed E-state index contributed by atoms with van der Waals surface area (Å²) in [4.78, 5) is 0.275. The average Bonchev–Trinajstić information content (AvgIpc) is 2.37. The summed E-state index contributed by atoms with van der Waals surface area (Å²) in [5.74, 6) is 0.646. The van der Waals surface area contributed by atoms with Crippen molar-refractivity contribution >= 4 is 15.7 Å². The van der Waals surface area contributed by atoms with Gasteiger partial charge in [0.2, 0.25) is 10.0 Å². The monoisotopic (exact) mass is 283 g/mol. The highest BCUT2D eigenvalue weighted by molar-refractivity contribution is 7.89. The highest BCUT2D eigenvalue weighted by atomic mass is 32.2. The first-order valence-electron chi connectivity index (χ1n) is 6.26. The van der Waals surface area contributed by atoms with Gasteiger partial charge in [0.25, 0.3) is 0 Å². The Kier molecular flexibility index (Phi) is 2.92. The largest absolute Gasteiger partial charge is 0.497 e. The van der Waals surface area contributed by atoms with E-state index in [2.05, 4.69) is 15.4 Å². The molecule has 0 atom stereocenters. The second-order valence-corrected chi connectivity index (χ2v) is 6.58. The van der Waals surface area contributed by atoms with Crippen molar-refractivity contribution in [2.45, 2.75) is 23.4 Å². The predicted molar refractivity (Wildman–Crippen MR) is 71.8 cm³/mol. The number of nitrogens with one attached hydrogen (secondary N) is 3. The maximum atomic E-state index is 12.3. The number of sulfonamides is 1. The molecule has 1 saturated heterocycles. The van der Waals surface area contributed by atoms with Gasteiger partial charge in [0.1, 0.15) is 16.3 Å². The molecule has 0 aliphatic carbocycles. The Morgan fingerprint density at radius 1 is 1.26 bits per heavy atom. The number of hydrogen-bond donors (Lipinski definition) is 3. The zero-order valence-corrected chi connectivity index (χ0v) is 11.5. The molecule has 1 aromatic carbocycles. The van der Waals surface area contributed by atoms with E-state index < -0.39 is 15.7 Å². The van der Waals surface area contributed by atoms with E-state index in [0.717, 1.165) is 13.1 Å². The van der Waals surface area contributed by atoms with Crippen LogP contribution in [0.4, 0.5) is 5.69 Å². The van der Waals surface area contributed by atoms with Crippen LogP contribution in [-0.2, 0) is 10.0 Å². The van der Waals surface area contributed by atoms with Crippen molar-refractivity contribution in [3.8, 4) is 5.75 Å². The van der Waals surface area contributed by atoms with Crippen LogP contribution < -0.4 is 20.1 Å². The van der Waals surface area contributed by atoms with Crippen molar-refractivity contribution in [1.29, 1.82) is 0 Å². The fourth-order valence-electron chi connectivity index (χ4n) is 2.64. The lowest BCUT2D eigenvalue weighted by Crippen LogP contribution is -2.61. The molecule has 3 rings (SSSR count). The molecule has 0 bridgehead atoms. The fourth-order valence-corrected chi connectivity index (χ4v) is 4.17. The Bertz CT molecular complexity index is 594. The summed E-state index contributed by atoms with van der Waals surface area (Å²) in [6, 6.07) is 4.95. The summed E-state index contributed by atoms with van der Waals surface area (Å²) >= 11 is 0. The molecule has 104 valence electrons. The number of ether oxygens (including phenoxy) is 1. The lowest BCUT2D eigenvalue weighted by atomic mass is 9.98. The summed E-state index contributed by atoms with van der Waals surface area (Å²) in [6.45, 7) is 1.57. The van der Waals surface area contributed by atoms with Crippen molar-refractivity contribution in [2.24, 2.45) is 0 Å². The topological polar surface area (TPSA) is 79.5 Å². The number of rotatable bonds is 1. The highest BCUT2D eigenvalue weighted by Gasteiger charge is 2.41. The zero-order valence-electron chi connectivity index (χ0n) is 10.7. The highest BCUT2D eigenvalue weighted by Crippen LogP contribution is 2.35. The van der Waals surface area contributed by atoms with Gasteiger partial charge in [0.15, 0.2) is 0 Å². The van der Waals surface area contributed by atoms with Crippen molar-refractivity contribution in [3.63, 3.8) is 0 Å². The van der Waals surface area contributed by atoms with Gasteiger partial charge >= 0.3 is 0 Å². The number of hydrogen-bond acceptors (Lipinski definition) is 5. The summed E-state index contributed by atoms with van der Waals surface area (Å²) in [6.07, 6.45) is 1.42. The minimum Gasteiger partial charge on any atom is -0.497 e. The molecule has 1 spiro atoms. The standard InChI is InChI=1S/C12H17N3O3S/c1-18-9-2-3-11-10(8-9)14-12(15-19(11,16)17)4-6-13-7-5-12/h2-3,8,13-15H,4-7H2,1H3. The summed E-state index contributed by atoms with van der Waals surface area (Å²) in [7, 11) is -1.90. The van der Waals surface area contributed by atoms with Gasteiger partial charge in [-0.05, 0) is 38.1 Å². The van der Waals surface area contributed by atoms with Crippen molar-refractivity contribution in [2.75, 3.05) is 25.5 Å². The van der Waals surface area contributed by atoms with Crippen molar-refractivity contribution in [3.05, 3.63) is 18.2 Å². The van der Waals surface area contributed by atoms with Gasteiger partial charge in [-0.2, -0.15) is 4.72 Å².